The number of rotatable bonds is 21. The Kier molecular flexibility index (Phi) is 18.6. The van der Waals surface area contributed by atoms with E-state index in [-0.39, 0.29) is 49.3 Å². The van der Waals surface area contributed by atoms with E-state index in [9.17, 15) is 4.79 Å². The van der Waals surface area contributed by atoms with Crippen LogP contribution in [0.3, 0.4) is 0 Å². The Labute approximate surface area is 199 Å². The van der Waals surface area contributed by atoms with Gasteiger partial charge >= 0.3 is 5.97 Å². The summed E-state index contributed by atoms with van der Waals surface area (Å²) in [5.74, 6) is -0.464. The third kappa shape index (κ3) is 19.0. The fourth-order valence-electron chi connectivity index (χ4n) is 2.37. The summed E-state index contributed by atoms with van der Waals surface area (Å²) in [4.78, 5) is 11.1. The maximum absolute atomic E-state index is 11.1. The molecule has 0 spiro atoms. The number of hydrogen-bond acceptors (Lipinski definition) is 9. The summed E-state index contributed by atoms with van der Waals surface area (Å²) in [5, 5.41) is 8.96. The highest BCUT2D eigenvalue weighted by Crippen LogP contribution is 2.05. The molecule has 33 heavy (non-hydrogen) atoms. The smallest absolute Gasteiger partial charge is 0.330 e. The molecule has 0 bridgehead atoms. The van der Waals surface area contributed by atoms with Gasteiger partial charge in [0, 0.05) is 6.08 Å². The molecule has 196 valence electrons. The number of hydrogen-bond donors (Lipinski definition) is 1. The number of carbonyl (C=O) groups excluding carboxylic acids is 1. The van der Waals surface area contributed by atoms with Crippen LogP contribution in [0.25, 0.3) is 0 Å². The van der Waals surface area contributed by atoms with Crippen molar-refractivity contribution in [3.63, 3.8) is 0 Å². The minimum Gasteiger partial charge on any atom is -0.457 e. The van der Waals surface area contributed by atoms with E-state index < -0.39 is 5.97 Å². The zero-order valence-electron chi connectivity index (χ0n) is 21.5. The predicted octanol–water partition coefficient (Wildman–Crippen LogP) is 2.53. The molecule has 0 fully saturated rings. The third-order valence-electron chi connectivity index (χ3n) is 4.43. The Morgan fingerprint density at radius 3 is 1.15 bits per heavy atom. The summed E-state index contributed by atoms with van der Waals surface area (Å²) in [6, 6.07) is 0. The van der Waals surface area contributed by atoms with Crippen LogP contribution in [0, 0.1) is 0 Å². The van der Waals surface area contributed by atoms with Gasteiger partial charge in [0.1, 0.15) is 6.10 Å². The van der Waals surface area contributed by atoms with Crippen molar-refractivity contribution in [1.82, 2.24) is 0 Å². The fourth-order valence-corrected chi connectivity index (χ4v) is 2.37. The van der Waals surface area contributed by atoms with Gasteiger partial charge in [-0.2, -0.15) is 0 Å². The Bertz CT molecular complexity index is 502. The van der Waals surface area contributed by atoms with Crippen LogP contribution in [0.2, 0.25) is 0 Å². The molecule has 1 N–H and O–H groups in total. The van der Waals surface area contributed by atoms with Crippen molar-refractivity contribution >= 4 is 5.97 Å². The van der Waals surface area contributed by atoms with Crippen molar-refractivity contribution in [2.45, 2.75) is 91.2 Å². The van der Waals surface area contributed by atoms with Gasteiger partial charge in [-0.25, -0.2) is 4.79 Å². The highest BCUT2D eigenvalue weighted by molar-refractivity contribution is 5.81. The molecule has 9 nitrogen and oxygen atoms in total. The average molecular weight is 479 g/mol. The lowest BCUT2D eigenvalue weighted by molar-refractivity contribution is -0.147. The molecule has 0 rings (SSSR count). The minimum absolute atomic E-state index is 0.00508. The molecule has 7 atom stereocenters. The van der Waals surface area contributed by atoms with Crippen molar-refractivity contribution in [1.29, 1.82) is 0 Å². The topological polar surface area (TPSA) is 102 Å². The van der Waals surface area contributed by atoms with E-state index in [0.29, 0.717) is 39.6 Å². The Balaban J connectivity index is 3.85. The van der Waals surface area contributed by atoms with E-state index in [4.69, 9.17) is 38.3 Å². The molecular formula is C24H46O9. The van der Waals surface area contributed by atoms with Gasteiger partial charge in [0.05, 0.1) is 82.9 Å². The van der Waals surface area contributed by atoms with Gasteiger partial charge in [-0.15, -0.1) is 0 Å². The first-order valence-electron chi connectivity index (χ1n) is 11.7. The highest BCUT2D eigenvalue weighted by atomic mass is 16.6. The molecule has 7 unspecified atom stereocenters. The van der Waals surface area contributed by atoms with Crippen LogP contribution in [0.1, 0.15) is 48.5 Å². The predicted molar refractivity (Wildman–Crippen MR) is 125 cm³/mol. The van der Waals surface area contributed by atoms with Crippen LogP contribution in [0.5, 0.6) is 0 Å². The summed E-state index contributed by atoms with van der Waals surface area (Å²) < 4.78 is 39.2. The van der Waals surface area contributed by atoms with Gasteiger partial charge in [0.2, 0.25) is 0 Å². The maximum atomic E-state index is 11.1. The molecule has 0 heterocycles. The average Bonchev–Trinajstić information content (AvgIpc) is 2.80. The Morgan fingerprint density at radius 1 is 0.606 bits per heavy atom. The molecule has 0 saturated carbocycles. The van der Waals surface area contributed by atoms with Crippen LogP contribution >= 0.6 is 0 Å². The first-order valence-corrected chi connectivity index (χ1v) is 11.7. The lowest BCUT2D eigenvalue weighted by Gasteiger charge is -2.22. The Morgan fingerprint density at radius 2 is 0.879 bits per heavy atom. The first kappa shape index (κ1) is 31.9. The Hall–Kier alpha value is -1.07. The quantitative estimate of drug-likeness (QED) is 0.197. The molecule has 0 aliphatic heterocycles. The van der Waals surface area contributed by atoms with E-state index in [1.165, 1.54) is 0 Å². The van der Waals surface area contributed by atoms with E-state index in [2.05, 4.69) is 6.58 Å². The molecular weight excluding hydrogens is 432 g/mol. The summed E-state index contributed by atoms with van der Waals surface area (Å²) in [5.41, 5.74) is 0. The van der Waals surface area contributed by atoms with Crippen molar-refractivity contribution < 1.29 is 43.1 Å². The summed E-state index contributed by atoms with van der Waals surface area (Å²) >= 11 is 0. The normalized spacial score (nSPS) is 18.1. The summed E-state index contributed by atoms with van der Waals surface area (Å²) in [7, 11) is 0. The van der Waals surface area contributed by atoms with Crippen molar-refractivity contribution in [3.8, 4) is 0 Å². The lowest BCUT2D eigenvalue weighted by Crippen LogP contribution is -2.30. The minimum atomic E-state index is -0.464. The van der Waals surface area contributed by atoms with Gasteiger partial charge in [-0.05, 0) is 48.5 Å². The van der Waals surface area contributed by atoms with Crippen molar-refractivity contribution in [3.05, 3.63) is 12.7 Å². The molecule has 0 amide bonds. The van der Waals surface area contributed by atoms with E-state index in [0.717, 1.165) is 6.08 Å². The standard InChI is InChI=1S/C24H46O9/c1-9-24(26)33-23(8)16-32-22(7)15-31-21(6)14-30-20(5)13-29-19(4)12-28-18(3)11-27-17(2)10-25/h9,17-23,25H,1,10-16H2,2-8H3. The monoisotopic (exact) mass is 478 g/mol. The van der Waals surface area contributed by atoms with Crippen LogP contribution in [0.4, 0.5) is 0 Å². The molecule has 0 aliphatic rings. The van der Waals surface area contributed by atoms with Crippen molar-refractivity contribution in [2.24, 2.45) is 0 Å². The lowest BCUT2D eigenvalue weighted by atomic mass is 10.3. The molecule has 0 aromatic rings. The highest BCUT2D eigenvalue weighted by Gasteiger charge is 2.14. The zero-order chi connectivity index (χ0) is 25.2. The van der Waals surface area contributed by atoms with Crippen LogP contribution in [-0.4, -0.2) is 100 Å². The summed E-state index contributed by atoms with van der Waals surface area (Å²) in [6.07, 6.45) is 0.113. The first-order chi connectivity index (χ1) is 15.6. The number of esters is 1. The van der Waals surface area contributed by atoms with Gasteiger partial charge < -0.3 is 38.3 Å². The second-order valence-electron chi connectivity index (χ2n) is 8.50. The van der Waals surface area contributed by atoms with Crippen LogP contribution in [0.15, 0.2) is 12.7 Å². The number of aliphatic hydroxyl groups excluding tert-OH is 1. The van der Waals surface area contributed by atoms with E-state index in [1.54, 1.807) is 6.92 Å². The van der Waals surface area contributed by atoms with Crippen molar-refractivity contribution in [2.75, 3.05) is 46.2 Å². The molecule has 9 heteroatoms. The van der Waals surface area contributed by atoms with Crippen LogP contribution < -0.4 is 0 Å². The molecule has 0 saturated heterocycles. The van der Waals surface area contributed by atoms with Gasteiger partial charge in [-0.1, -0.05) is 6.58 Å². The largest absolute Gasteiger partial charge is 0.457 e. The van der Waals surface area contributed by atoms with Gasteiger partial charge in [0.25, 0.3) is 0 Å². The van der Waals surface area contributed by atoms with Gasteiger partial charge in [-0.3, -0.25) is 0 Å². The van der Waals surface area contributed by atoms with E-state index in [1.807, 2.05) is 41.5 Å². The maximum Gasteiger partial charge on any atom is 0.330 e. The zero-order valence-corrected chi connectivity index (χ0v) is 21.5. The molecule has 0 aromatic heterocycles. The third-order valence-corrected chi connectivity index (χ3v) is 4.43. The molecule has 0 radical (unpaired) electrons. The molecule has 0 aromatic carbocycles. The second-order valence-corrected chi connectivity index (χ2v) is 8.50. The number of ether oxygens (including phenoxy) is 7. The number of aliphatic hydroxyl groups is 1. The number of carbonyl (C=O) groups is 1. The second kappa shape index (κ2) is 19.3. The van der Waals surface area contributed by atoms with E-state index >= 15 is 0 Å². The SMILES string of the molecule is C=CC(=O)OC(C)COC(C)COC(C)COC(C)COC(C)COC(C)COC(C)CO. The molecule has 0 aliphatic carbocycles. The van der Waals surface area contributed by atoms with Crippen LogP contribution in [-0.2, 0) is 38.0 Å². The van der Waals surface area contributed by atoms with Gasteiger partial charge in [0.15, 0.2) is 0 Å². The summed E-state index contributed by atoms with van der Waals surface area (Å²) in [6.45, 7) is 19.1. The fraction of sp³-hybridized carbons (Fsp3) is 0.875.